The number of aromatic nitrogens is 2. The summed E-state index contributed by atoms with van der Waals surface area (Å²) in [5, 5.41) is 7.05. The van der Waals surface area contributed by atoms with Crippen molar-refractivity contribution in [2.45, 2.75) is 26.7 Å². The molecule has 1 N–H and O–H groups in total. The molecule has 0 bridgehead atoms. The van der Waals surface area contributed by atoms with E-state index in [1.807, 2.05) is 27.8 Å². The summed E-state index contributed by atoms with van der Waals surface area (Å²) in [5.41, 5.74) is 2.67. The van der Waals surface area contributed by atoms with Crippen molar-refractivity contribution in [3.63, 3.8) is 0 Å². The highest BCUT2D eigenvalue weighted by Gasteiger charge is 2.22. The fraction of sp³-hybridized carbons (Fsp3) is 0.412. The lowest BCUT2D eigenvalue weighted by Crippen LogP contribution is -2.32. The SMILES string of the molecule is Cc1nn(C)c(C)c1C(C)C(=O)NCCOc1ccc(F)cc1F. The van der Waals surface area contributed by atoms with Gasteiger partial charge in [0, 0.05) is 24.4 Å². The van der Waals surface area contributed by atoms with Crippen LogP contribution in [-0.2, 0) is 11.8 Å². The van der Waals surface area contributed by atoms with E-state index in [2.05, 4.69) is 10.4 Å². The summed E-state index contributed by atoms with van der Waals surface area (Å²) >= 11 is 0. The summed E-state index contributed by atoms with van der Waals surface area (Å²) in [5.74, 6) is -1.98. The maximum atomic E-state index is 13.4. The molecule has 1 amide bonds. The van der Waals surface area contributed by atoms with Crippen molar-refractivity contribution in [1.82, 2.24) is 15.1 Å². The van der Waals surface area contributed by atoms with Crippen LogP contribution in [0.15, 0.2) is 18.2 Å². The van der Waals surface area contributed by atoms with Crippen LogP contribution in [-0.4, -0.2) is 28.8 Å². The van der Waals surface area contributed by atoms with Gasteiger partial charge in [0.05, 0.1) is 18.2 Å². The zero-order chi connectivity index (χ0) is 17.9. The largest absolute Gasteiger partial charge is 0.489 e. The second-order valence-electron chi connectivity index (χ2n) is 5.64. The number of rotatable bonds is 6. The molecule has 24 heavy (non-hydrogen) atoms. The minimum atomic E-state index is -0.767. The van der Waals surface area contributed by atoms with E-state index in [-0.39, 0.29) is 30.7 Å². The van der Waals surface area contributed by atoms with Crippen LogP contribution in [0.4, 0.5) is 8.78 Å². The Bertz CT molecular complexity index is 744. The van der Waals surface area contributed by atoms with Crippen molar-refractivity contribution in [1.29, 1.82) is 0 Å². The fourth-order valence-corrected chi connectivity index (χ4v) is 2.63. The Morgan fingerprint density at radius 2 is 2.08 bits per heavy atom. The molecule has 0 saturated heterocycles. The standard InChI is InChI=1S/C17H21F2N3O2/c1-10(16-11(2)21-22(4)12(16)3)17(23)20-7-8-24-15-6-5-13(18)9-14(15)19/h5-6,9-10H,7-8H2,1-4H3,(H,20,23). The molecule has 0 aliphatic rings. The van der Waals surface area contributed by atoms with Crippen molar-refractivity contribution in [3.8, 4) is 5.75 Å². The predicted molar refractivity (Wildman–Crippen MR) is 86.0 cm³/mol. The van der Waals surface area contributed by atoms with E-state index in [1.54, 1.807) is 4.68 Å². The molecule has 1 aromatic carbocycles. The van der Waals surface area contributed by atoms with Crippen LogP contribution in [0, 0.1) is 25.5 Å². The van der Waals surface area contributed by atoms with Gasteiger partial charge in [-0.25, -0.2) is 8.78 Å². The minimum absolute atomic E-state index is 0.0438. The van der Waals surface area contributed by atoms with Crippen molar-refractivity contribution in [2.24, 2.45) is 7.05 Å². The number of amides is 1. The maximum absolute atomic E-state index is 13.4. The average Bonchev–Trinajstić information content (AvgIpc) is 2.77. The van der Waals surface area contributed by atoms with E-state index >= 15 is 0 Å². The Morgan fingerprint density at radius 1 is 1.38 bits per heavy atom. The Balaban J connectivity index is 1.87. The lowest BCUT2D eigenvalue weighted by molar-refractivity contribution is -0.122. The van der Waals surface area contributed by atoms with Gasteiger partial charge in [-0.15, -0.1) is 0 Å². The van der Waals surface area contributed by atoms with Crippen LogP contribution >= 0.6 is 0 Å². The normalized spacial score (nSPS) is 12.1. The number of nitrogens with one attached hydrogen (secondary N) is 1. The summed E-state index contributed by atoms with van der Waals surface area (Å²) in [6.45, 7) is 5.91. The van der Waals surface area contributed by atoms with Crippen LogP contribution in [0.5, 0.6) is 5.75 Å². The molecular weight excluding hydrogens is 316 g/mol. The first-order valence-corrected chi connectivity index (χ1v) is 7.67. The summed E-state index contributed by atoms with van der Waals surface area (Å²) < 4.78 is 33.2. The van der Waals surface area contributed by atoms with Gasteiger partial charge in [0.15, 0.2) is 11.6 Å². The number of carbonyl (C=O) groups excluding carboxylic acids is 1. The van der Waals surface area contributed by atoms with E-state index in [0.29, 0.717) is 0 Å². The van der Waals surface area contributed by atoms with Crippen LogP contribution in [0.1, 0.15) is 29.8 Å². The summed E-state index contributed by atoms with van der Waals surface area (Å²) in [7, 11) is 1.83. The highest BCUT2D eigenvalue weighted by molar-refractivity contribution is 5.83. The van der Waals surface area contributed by atoms with Gasteiger partial charge in [-0.05, 0) is 32.9 Å². The zero-order valence-corrected chi connectivity index (χ0v) is 14.2. The average molecular weight is 337 g/mol. The Morgan fingerprint density at radius 3 is 2.67 bits per heavy atom. The molecule has 0 saturated carbocycles. The third-order valence-corrected chi connectivity index (χ3v) is 3.94. The summed E-state index contributed by atoms with van der Waals surface area (Å²) in [6, 6.07) is 3.09. The van der Waals surface area contributed by atoms with Crippen LogP contribution < -0.4 is 10.1 Å². The van der Waals surface area contributed by atoms with Crippen molar-refractivity contribution < 1.29 is 18.3 Å². The first-order chi connectivity index (χ1) is 11.3. The molecule has 0 spiro atoms. The van der Waals surface area contributed by atoms with Crippen molar-refractivity contribution in [3.05, 3.63) is 46.8 Å². The number of halogens is 2. The van der Waals surface area contributed by atoms with E-state index in [0.717, 1.165) is 29.1 Å². The minimum Gasteiger partial charge on any atom is -0.489 e. The highest BCUT2D eigenvalue weighted by Crippen LogP contribution is 2.22. The molecule has 5 nitrogen and oxygen atoms in total. The molecule has 1 aromatic heterocycles. The van der Waals surface area contributed by atoms with Crippen molar-refractivity contribution >= 4 is 5.91 Å². The third-order valence-electron chi connectivity index (χ3n) is 3.94. The van der Waals surface area contributed by atoms with E-state index in [4.69, 9.17) is 4.74 Å². The molecule has 7 heteroatoms. The zero-order valence-electron chi connectivity index (χ0n) is 14.2. The first-order valence-electron chi connectivity index (χ1n) is 7.67. The fourth-order valence-electron chi connectivity index (χ4n) is 2.63. The number of carbonyl (C=O) groups is 1. The van der Waals surface area contributed by atoms with Gasteiger partial charge < -0.3 is 10.1 Å². The van der Waals surface area contributed by atoms with E-state index in [9.17, 15) is 13.6 Å². The van der Waals surface area contributed by atoms with Gasteiger partial charge in [-0.1, -0.05) is 0 Å². The molecule has 1 unspecified atom stereocenters. The smallest absolute Gasteiger partial charge is 0.227 e. The molecule has 0 aliphatic heterocycles. The van der Waals surface area contributed by atoms with Crippen LogP contribution in [0.25, 0.3) is 0 Å². The van der Waals surface area contributed by atoms with Crippen LogP contribution in [0.3, 0.4) is 0 Å². The molecule has 0 fully saturated rings. The highest BCUT2D eigenvalue weighted by atomic mass is 19.1. The van der Waals surface area contributed by atoms with Crippen LogP contribution in [0.2, 0.25) is 0 Å². The Labute approximate surface area is 139 Å². The number of benzene rings is 1. The molecule has 2 aromatic rings. The molecule has 130 valence electrons. The topological polar surface area (TPSA) is 56.2 Å². The van der Waals surface area contributed by atoms with Gasteiger partial charge >= 0.3 is 0 Å². The number of hydrogen-bond acceptors (Lipinski definition) is 3. The van der Waals surface area contributed by atoms with Gasteiger partial charge in [0.2, 0.25) is 5.91 Å². The first kappa shape index (κ1) is 17.9. The van der Waals surface area contributed by atoms with Gasteiger partial charge in [-0.3, -0.25) is 9.48 Å². The second-order valence-corrected chi connectivity index (χ2v) is 5.64. The molecule has 0 aliphatic carbocycles. The number of aryl methyl sites for hydroxylation is 2. The molecule has 2 rings (SSSR count). The van der Waals surface area contributed by atoms with E-state index in [1.165, 1.54) is 6.07 Å². The second kappa shape index (κ2) is 7.42. The Kier molecular flexibility index (Phi) is 5.54. The maximum Gasteiger partial charge on any atom is 0.227 e. The third kappa shape index (κ3) is 3.90. The Hall–Kier alpha value is -2.44. The lowest BCUT2D eigenvalue weighted by atomic mass is 9.98. The molecule has 1 heterocycles. The van der Waals surface area contributed by atoms with Gasteiger partial charge in [0.25, 0.3) is 0 Å². The number of hydrogen-bond donors (Lipinski definition) is 1. The van der Waals surface area contributed by atoms with Gasteiger partial charge in [-0.2, -0.15) is 5.10 Å². The molecule has 1 atom stereocenters. The summed E-state index contributed by atoms with van der Waals surface area (Å²) in [4.78, 5) is 12.3. The number of ether oxygens (including phenoxy) is 1. The molecular formula is C17H21F2N3O2. The van der Waals surface area contributed by atoms with Gasteiger partial charge in [0.1, 0.15) is 12.4 Å². The summed E-state index contributed by atoms with van der Waals surface area (Å²) in [6.07, 6.45) is 0. The number of nitrogens with zero attached hydrogens (tertiary/aromatic N) is 2. The molecule has 0 radical (unpaired) electrons. The predicted octanol–water partition coefficient (Wildman–Crippen LogP) is 2.61. The van der Waals surface area contributed by atoms with Crippen molar-refractivity contribution in [2.75, 3.05) is 13.2 Å². The monoisotopic (exact) mass is 337 g/mol. The lowest BCUT2D eigenvalue weighted by Gasteiger charge is -2.13. The van der Waals surface area contributed by atoms with E-state index < -0.39 is 11.6 Å². The quantitative estimate of drug-likeness (QED) is 0.825.